The van der Waals surface area contributed by atoms with E-state index in [1.54, 1.807) is 31.3 Å². The number of nitrogens with zero attached hydrogens (tertiary/aromatic N) is 3. The van der Waals surface area contributed by atoms with Gasteiger partial charge in [0.05, 0.1) is 6.04 Å². The first-order valence-corrected chi connectivity index (χ1v) is 12.4. The maximum atomic E-state index is 12.9. The maximum Gasteiger partial charge on any atom is 0.435 e. The summed E-state index contributed by atoms with van der Waals surface area (Å²) >= 11 is 0. The van der Waals surface area contributed by atoms with E-state index in [2.05, 4.69) is 37.5 Å². The number of amides is 4. The zero-order chi connectivity index (χ0) is 28.0. The van der Waals surface area contributed by atoms with Crippen LogP contribution in [0.25, 0.3) is 0 Å². The third-order valence-corrected chi connectivity index (χ3v) is 5.68. The number of urea groups is 1. The number of likely N-dealkylation sites (N-methyl/N-ethyl adjacent to an activating group) is 1. The van der Waals surface area contributed by atoms with Crippen LogP contribution in [0.15, 0.2) is 64.8 Å². The number of carbonyl (C=O) groups is 3. The lowest BCUT2D eigenvalue weighted by atomic mass is 10.1. The molecular formula is C27H32N8O4. The number of hydrogen-bond donors (Lipinski definition) is 5. The van der Waals surface area contributed by atoms with Gasteiger partial charge in [0.1, 0.15) is 6.61 Å². The van der Waals surface area contributed by atoms with Crippen molar-refractivity contribution in [3.05, 3.63) is 65.7 Å². The van der Waals surface area contributed by atoms with Gasteiger partial charge in [0.2, 0.25) is 5.91 Å². The number of nitrogens with one attached hydrogen (secondary N) is 4. The highest BCUT2D eigenvalue weighted by Crippen LogP contribution is 2.14. The van der Waals surface area contributed by atoms with Crippen LogP contribution in [0, 0.1) is 12.3 Å². The normalized spacial score (nSPS) is 13.2. The predicted molar refractivity (Wildman–Crippen MR) is 148 cm³/mol. The zero-order valence-electron chi connectivity index (χ0n) is 21.6. The van der Waals surface area contributed by atoms with Crippen molar-refractivity contribution in [1.29, 1.82) is 0 Å². The molecule has 2 aromatic rings. The fourth-order valence-electron chi connectivity index (χ4n) is 3.61. The third kappa shape index (κ3) is 8.87. The minimum Gasteiger partial charge on any atom is -0.443 e. The predicted octanol–water partition coefficient (Wildman–Crippen LogP) is 2.29. The molecule has 4 amide bonds. The first kappa shape index (κ1) is 28.7. The monoisotopic (exact) mass is 532 g/mol. The number of rotatable bonds is 12. The van der Waals surface area contributed by atoms with E-state index in [4.69, 9.17) is 16.9 Å². The zero-order valence-corrected chi connectivity index (χ0v) is 21.6. The topological polar surface area (TPSA) is 163 Å². The van der Waals surface area contributed by atoms with E-state index in [0.717, 1.165) is 11.1 Å². The standard InChI is InChI=1S/C27H32N8O4/c1-3-4-12-23-32-33-24(20-9-6-5-7-10-20)34-35(23)27(38)39-18-19-13-15-21(16-14-19)31-25(36)22(29-2)11-8-17-30-26(28)37/h1,5-7,9-10,13-16,22,29H,4,8,11-12,17-18H2,2H3,(H,31,36)(H,33,34)(H3,28,30,37). The number of primary amides is 1. The SMILES string of the molecule is C#CCCC1=NN=C(c2ccccc2)NN1C(=O)OCc1ccc(NC(=O)C(CCCNC(N)=O)NC)cc1. The van der Waals surface area contributed by atoms with Gasteiger partial charge in [0, 0.05) is 30.6 Å². The van der Waals surface area contributed by atoms with E-state index in [-0.39, 0.29) is 12.5 Å². The van der Waals surface area contributed by atoms with Crippen LogP contribution in [0.2, 0.25) is 0 Å². The molecule has 12 nitrogen and oxygen atoms in total. The summed E-state index contributed by atoms with van der Waals surface area (Å²) in [4.78, 5) is 36.3. The van der Waals surface area contributed by atoms with Gasteiger partial charge in [-0.3, -0.25) is 10.2 Å². The van der Waals surface area contributed by atoms with Crippen molar-refractivity contribution in [1.82, 2.24) is 21.1 Å². The summed E-state index contributed by atoms with van der Waals surface area (Å²) < 4.78 is 5.51. The summed E-state index contributed by atoms with van der Waals surface area (Å²) in [6.07, 6.45) is 6.55. The van der Waals surface area contributed by atoms with Gasteiger partial charge in [-0.05, 0) is 37.6 Å². The number of carbonyl (C=O) groups excluding carboxylic acids is 3. The van der Waals surface area contributed by atoms with E-state index >= 15 is 0 Å². The van der Waals surface area contributed by atoms with Gasteiger partial charge in [-0.2, -0.15) is 5.01 Å². The summed E-state index contributed by atoms with van der Waals surface area (Å²) in [5.41, 5.74) is 10.1. The van der Waals surface area contributed by atoms with Crippen LogP contribution in [0.4, 0.5) is 15.3 Å². The summed E-state index contributed by atoms with van der Waals surface area (Å²) in [5.74, 6) is 3.08. The number of anilines is 1. The lowest BCUT2D eigenvalue weighted by molar-refractivity contribution is -0.118. The fourth-order valence-corrected chi connectivity index (χ4v) is 3.61. The highest BCUT2D eigenvalue weighted by molar-refractivity contribution is 6.06. The molecule has 0 saturated carbocycles. The molecule has 12 heteroatoms. The molecule has 1 unspecified atom stereocenters. The van der Waals surface area contributed by atoms with E-state index in [1.165, 1.54) is 5.01 Å². The minimum atomic E-state index is -0.658. The molecule has 1 aliphatic rings. The van der Waals surface area contributed by atoms with Crippen molar-refractivity contribution in [2.45, 2.75) is 38.3 Å². The molecule has 6 N–H and O–H groups in total. The molecule has 0 spiro atoms. The van der Waals surface area contributed by atoms with Crippen LogP contribution in [-0.4, -0.2) is 54.3 Å². The number of nitrogens with two attached hydrogens (primary N) is 1. The molecule has 0 fully saturated rings. The highest BCUT2D eigenvalue weighted by atomic mass is 16.6. The Morgan fingerprint density at radius 3 is 2.54 bits per heavy atom. The Bertz CT molecular complexity index is 1240. The Labute approximate surface area is 227 Å². The van der Waals surface area contributed by atoms with Gasteiger partial charge in [-0.25, -0.2) is 9.59 Å². The van der Waals surface area contributed by atoms with Crippen LogP contribution in [0.1, 0.15) is 36.8 Å². The first-order valence-electron chi connectivity index (χ1n) is 12.4. The average Bonchev–Trinajstić information content (AvgIpc) is 2.95. The smallest absolute Gasteiger partial charge is 0.435 e. The van der Waals surface area contributed by atoms with Crippen LogP contribution in [0.3, 0.4) is 0 Å². The van der Waals surface area contributed by atoms with Gasteiger partial charge in [0.15, 0.2) is 11.7 Å². The Morgan fingerprint density at radius 2 is 1.87 bits per heavy atom. The Balaban J connectivity index is 1.54. The van der Waals surface area contributed by atoms with Crippen molar-refractivity contribution >= 4 is 35.4 Å². The quantitative estimate of drug-likeness (QED) is 0.208. The first-order chi connectivity index (χ1) is 18.9. The van der Waals surface area contributed by atoms with Crippen LogP contribution >= 0.6 is 0 Å². The summed E-state index contributed by atoms with van der Waals surface area (Å²) in [7, 11) is 1.69. The van der Waals surface area contributed by atoms with Crippen LogP contribution in [-0.2, 0) is 16.1 Å². The molecule has 1 aliphatic heterocycles. The average molecular weight is 533 g/mol. The number of terminal acetylenes is 1. The van der Waals surface area contributed by atoms with Gasteiger partial charge in [-0.1, -0.05) is 42.5 Å². The number of hydrazine groups is 1. The Kier molecular flexibility index (Phi) is 10.8. The van der Waals surface area contributed by atoms with E-state index in [9.17, 15) is 14.4 Å². The molecule has 0 bridgehead atoms. The lowest BCUT2D eigenvalue weighted by Crippen LogP contribution is -2.52. The lowest BCUT2D eigenvalue weighted by Gasteiger charge is -2.27. The maximum absolute atomic E-state index is 12.9. The molecule has 0 aromatic heterocycles. The van der Waals surface area contributed by atoms with E-state index in [1.807, 2.05) is 30.3 Å². The second kappa shape index (κ2) is 14.7. The Hall–Kier alpha value is -4.89. The number of amidine groups is 2. The number of benzene rings is 2. The molecule has 204 valence electrons. The van der Waals surface area contributed by atoms with E-state index in [0.29, 0.717) is 49.6 Å². The molecule has 3 rings (SSSR count). The summed E-state index contributed by atoms with van der Waals surface area (Å²) in [6.45, 7) is 0.385. The second-order valence-electron chi connectivity index (χ2n) is 8.50. The molecule has 0 aliphatic carbocycles. The minimum absolute atomic E-state index is 0.00250. The van der Waals surface area contributed by atoms with Gasteiger partial charge in [-0.15, -0.1) is 22.5 Å². The van der Waals surface area contributed by atoms with Crippen molar-refractivity contribution in [3.63, 3.8) is 0 Å². The molecule has 0 saturated heterocycles. The fraction of sp³-hybridized carbons (Fsp3) is 0.296. The van der Waals surface area contributed by atoms with Gasteiger partial charge < -0.3 is 26.4 Å². The van der Waals surface area contributed by atoms with Crippen molar-refractivity contribution in [2.75, 3.05) is 18.9 Å². The molecule has 1 heterocycles. The third-order valence-electron chi connectivity index (χ3n) is 5.68. The molecule has 0 radical (unpaired) electrons. The van der Waals surface area contributed by atoms with Crippen LogP contribution < -0.4 is 27.1 Å². The molecule has 39 heavy (non-hydrogen) atoms. The largest absolute Gasteiger partial charge is 0.443 e. The Morgan fingerprint density at radius 1 is 1.13 bits per heavy atom. The number of hydrogen-bond acceptors (Lipinski definition) is 8. The molecule has 1 atom stereocenters. The van der Waals surface area contributed by atoms with E-state index < -0.39 is 18.2 Å². The van der Waals surface area contributed by atoms with Crippen molar-refractivity contribution < 1.29 is 19.1 Å². The molecular weight excluding hydrogens is 500 g/mol. The number of ether oxygens (including phenoxy) is 1. The van der Waals surface area contributed by atoms with Crippen LogP contribution in [0.5, 0.6) is 0 Å². The van der Waals surface area contributed by atoms with Gasteiger partial charge in [0.25, 0.3) is 0 Å². The highest BCUT2D eigenvalue weighted by Gasteiger charge is 2.26. The molecule has 2 aromatic carbocycles. The van der Waals surface area contributed by atoms with Crippen molar-refractivity contribution in [2.24, 2.45) is 15.9 Å². The van der Waals surface area contributed by atoms with Gasteiger partial charge >= 0.3 is 12.1 Å². The summed E-state index contributed by atoms with van der Waals surface area (Å²) in [6, 6.07) is 15.2. The van der Waals surface area contributed by atoms with Crippen molar-refractivity contribution in [3.8, 4) is 12.3 Å². The summed E-state index contributed by atoms with van der Waals surface area (Å²) in [5, 5.41) is 17.9. The second-order valence-corrected chi connectivity index (χ2v) is 8.50.